The average molecular weight is 537 g/mol. The number of hydrogen-bond donors (Lipinski definition) is 3. The van der Waals surface area contributed by atoms with Gasteiger partial charge in [-0.05, 0) is 19.1 Å². The summed E-state index contributed by atoms with van der Waals surface area (Å²) in [6, 6.07) is 5.51. The van der Waals surface area contributed by atoms with E-state index >= 15 is 0 Å². The molecule has 0 spiro atoms. The number of phosphoric ester groups is 1. The van der Waals surface area contributed by atoms with E-state index in [4.69, 9.17) is 4.74 Å². The van der Waals surface area contributed by atoms with Crippen molar-refractivity contribution in [2.75, 3.05) is 6.61 Å². The zero-order valence-corrected chi connectivity index (χ0v) is 24.3. The van der Waals surface area contributed by atoms with Gasteiger partial charge in [-0.3, -0.25) is 28.2 Å². The zero-order chi connectivity index (χ0) is 23.7. The molecule has 3 N–H and O–H groups in total. The van der Waals surface area contributed by atoms with Crippen LogP contribution in [-0.2, 0) is 28.9 Å². The van der Waals surface area contributed by atoms with E-state index in [2.05, 4.69) is 13.8 Å². The minimum Gasteiger partial charge on any atom is -0.778 e. The first-order valence-electron chi connectivity index (χ1n) is 9.09. The summed E-state index contributed by atoms with van der Waals surface area (Å²) in [6.07, 6.45) is -6.11. The van der Waals surface area contributed by atoms with E-state index < -0.39 is 64.0 Å². The summed E-state index contributed by atoms with van der Waals surface area (Å²) in [4.78, 5) is 52.9. The van der Waals surface area contributed by atoms with Crippen LogP contribution in [0, 0.1) is 6.92 Å². The van der Waals surface area contributed by atoms with Crippen LogP contribution >= 0.6 is 15.4 Å². The first kappa shape index (κ1) is 32.0. The summed E-state index contributed by atoms with van der Waals surface area (Å²) < 4.78 is 38.8. The fourth-order valence-corrected chi connectivity index (χ4v) is 5.52. The van der Waals surface area contributed by atoms with Gasteiger partial charge in [0.25, 0.3) is 13.4 Å². The fraction of sp³-hybridized carbons (Fsp3) is 0.438. The summed E-state index contributed by atoms with van der Waals surface area (Å²) in [5.74, 6) is 0. The van der Waals surface area contributed by atoms with E-state index in [0.717, 1.165) is 16.8 Å². The number of nitrogens with zero attached hydrogens (tertiary/aromatic N) is 2. The number of aliphatic hydroxyl groups is 2. The molecule has 2 unspecified atom stereocenters. The largest absolute Gasteiger partial charge is 1.00 e. The molecule has 1 saturated heterocycles. The van der Waals surface area contributed by atoms with Crippen molar-refractivity contribution in [3.8, 4) is 0 Å². The maximum atomic E-state index is 12.1. The molecule has 0 amide bonds. The van der Waals surface area contributed by atoms with E-state index in [1.165, 1.54) is 6.07 Å². The molecule has 1 fully saturated rings. The minimum atomic E-state index is -5.41. The fourth-order valence-electron chi connectivity index (χ4n) is 2.98. The van der Waals surface area contributed by atoms with Gasteiger partial charge in [0.15, 0.2) is 6.23 Å². The quantitative estimate of drug-likeness (QED) is 0.211. The van der Waals surface area contributed by atoms with Gasteiger partial charge in [-0.15, -0.1) is 0 Å². The molecule has 3 rings (SSSR count). The predicted octanol–water partition coefficient (Wildman–Crippen LogP) is -7.88. The van der Waals surface area contributed by atoms with Crippen molar-refractivity contribution in [1.82, 2.24) is 14.5 Å². The molecule has 0 saturated carbocycles. The normalized spacial score (nSPS) is 25.4. The van der Waals surface area contributed by atoms with Crippen LogP contribution in [-0.4, -0.2) is 49.7 Å². The number of pyridine rings is 1. The average Bonchev–Trinajstić information content (AvgIpc) is 2.93. The minimum absolute atomic E-state index is 0. The molecular formula is C16H19N3Na2O11P2. The van der Waals surface area contributed by atoms with Gasteiger partial charge >= 0.3 is 64.8 Å². The van der Waals surface area contributed by atoms with Gasteiger partial charge in [0, 0.05) is 23.7 Å². The molecule has 1 aliphatic heterocycles. The van der Waals surface area contributed by atoms with Crippen LogP contribution < -0.4 is 80.2 Å². The number of aliphatic hydroxyl groups excluding tert-OH is 2. The van der Waals surface area contributed by atoms with Crippen LogP contribution in [0.15, 0.2) is 40.1 Å². The predicted molar refractivity (Wildman–Crippen MR) is 102 cm³/mol. The van der Waals surface area contributed by atoms with Crippen molar-refractivity contribution < 1.29 is 102 Å². The third-order valence-electron chi connectivity index (χ3n) is 4.39. The third kappa shape index (κ3) is 8.55. The second-order valence-corrected chi connectivity index (χ2v) is 10.3. The van der Waals surface area contributed by atoms with Crippen molar-refractivity contribution in [1.29, 1.82) is 0 Å². The van der Waals surface area contributed by atoms with Crippen LogP contribution in [0.5, 0.6) is 0 Å². The Labute approximate surface area is 237 Å². The number of aryl methyl sites for hydroxylation is 1. The molecular weight excluding hydrogens is 518 g/mol. The molecule has 3 heterocycles. The Morgan fingerprint density at radius 1 is 1.18 bits per heavy atom. The van der Waals surface area contributed by atoms with E-state index in [1.54, 1.807) is 19.1 Å². The second-order valence-electron chi connectivity index (χ2n) is 6.93. The van der Waals surface area contributed by atoms with E-state index in [-0.39, 0.29) is 64.8 Å². The number of hydrogen-bond acceptors (Lipinski definition) is 12. The maximum absolute atomic E-state index is 12.1. The SMILES string of the molecule is Cc1cccc(CP(=O)([O-])OP(=O)([O-])OC[C@H]2O[C@@H](n3ccc(=O)[nH]c3=O)[C@H](O)[C@@H]2O)n1.[Na+].[Na+]. The van der Waals surface area contributed by atoms with Crippen molar-refractivity contribution in [2.45, 2.75) is 37.6 Å². The third-order valence-corrected chi connectivity index (χ3v) is 7.36. The monoisotopic (exact) mass is 537 g/mol. The molecule has 2 aromatic heterocycles. The standard InChI is InChI=1S/C16H21N3O11P2.2Na/c1-9-3-2-4-10(17-9)8-31(24,25)30-32(26,27)28-7-11-13(21)14(22)15(29-11)19-6-5-12(20)18-16(19)23;;/h2-6,11,13-15,21-22H,7-8H2,1H3,(H,24,25)(H,26,27)(H,18,20,23);;/q;2*+1/p-2/t11-,13-,14-,15-;;/m1../s1. The Kier molecular flexibility index (Phi) is 12.2. The Morgan fingerprint density at radius 3 is 2.47 bits per heavy atom. The van der Waals surface area contributed by atoms with Gasteiger partial charge in [-0.25, -0.2) is 4.79 Å². The van der Waals surface area contributed by atoms with Crippen molar-refractivity contribution in [3.05, 3.63) is 62.7 Å². The summed E-state index contributed by atoms with van der Waals surface area (Å²) >= 11 is 0. The van der Waals surface area contributed by atoms with Crippen LogP contribution in [0.4, 0.5) is 0 Å². The topological polar surface area (TPSA) is 216 Å². The first-order valence-corrected chi connectivity index (χ1v) is 12.3. The molecule has 2 aromatic rings. The van der Waals surface area contributed by atoms with Crippen LogP contribution in [0.1, 0.15) is 17.6 Å². The summed E-state index contributed by atoms with van der Waals surface area (Å²) in [5, 5.41) is 20.2. The van der Waals surface area contributed by atoms with E-state index in [0.29, 0.717) is 5.69 Å². The first-order chi connectivity index (χ1) is 14.9. The van der Waals surface area contributed by atoms with E-state index in [1.807, 2.05) is 4.98 Å². The molecule has 34 heavy (non-hydrogen) atoms. The second kappa shape index (κ2) is 13.0. The molecule has 0 aliphatic carbocycles. The number of rotatable bonds is 8. The molecule has 14 nitrogen and oxygen atoms in total. The van der Waals surface area contributed by atoms with Crippen molar-refractivity contribution in [2.24, 2.45) is 0 Å². The van der Waals surface area contributed by atoms with E-state index in [9.17, 15) is 38.7 Å². The molecule has 6 atom stereocenters. The summed E-state index contributed by atoms with van der Waals surface area (Å²) in [7, 11) is -10.4. The Bertz CT molecular complexity index is 1190. The van der Waals surface area contributed by atoms with Gasteiger partial charge in [-0.2, -0.15) is 0 Å². The smallest absolute Gasteiger partial charge is 0.778 e. The molecule has 0 bridgehead atoms. The van der Waals surface area contributed by atoms with Gasteiger partial charge < -0.3 is 33.8 Å². The number of aromatic amines is 1. The van der Waals surface area contributed by atoms with Gasteiger partial charge in [0.1, 0.15) is 25.9 Å². The number of ether oxygens (including phenoxy) is 1. The van der Waals surface area contributed by atoms with Crippen LogP contribution in [0.2, 0.25) is 0 Å². The van der Waals surface area contributed by atoms with Crippen LogP contribution in [0.3, 0.4) is 0 Å². The molecule has 176 valence electrons. The Morgan fingerprint density at radius 2 is 1.85 bits per heavy atom. The summed E-state index contributed by atoms with van der Waals surface area (Å²) in [6.45, 7) is 0.702. The van der Waals surface area contributed by atoms with Gasteiger partial charge in [-0.1, -0.05) is 6.07 Å². The number of aromatic nitrogens is 3. The molecule has 0 aromatic carbocycles. The molecule has 1 aliphatic rings. The number of phosphoric acid groups is 1. The summed E-state index contributed by atoms with van der Waals surface area (Å²) in [5.41, 5.74) is -1.06. The number of nitrogens with one attached hydrogen (secondary N) is 1. The molecule has 0 radical (unpaired) electrons. The Balaban J connectivity index is 0.00000289. The number of H-pyrrole nitrogens is 1. The Hall–Kier alpha value is 0.0100. The molecule has 18 heteroatoms. The zero-order valence-electron chi connectivity index (χ0n) is 18.5. The van der Waals surface area contributed by atoms with Crippen molar-refractivity contribution >= 4 is 15.4 Å². The van der Waals surface area contributed by atoms with Crippen LogP contribution in [0.25, 0.3) is 0 Å². The van der Waals surface area contributed by atoms with Gasteiger partial charge in [0.05, 0.1) is 12.8 Å². The van der Waals surface area contributed by atoms with Crippen molar-refractivity contribution in [3.63, 3.8) is 0 Å². The maximum Gasteiger partial charge on any atom is 1.00 e. The van der Waals surface area contributed by atoms with Gasteiger partial charge in [0.2, 0.25) is 0 Å².